The first-order valence-electron chi connectivity index (χ1n) is 9.88. The fourth-order valence-corrected chi connectivity index (χ4v) is 2.90. The summed E-state index contributed by atoms with van der Waals surface area (Å²) < 4.78 is 21.2. The van der Waals surface area contributed by atoms with Crippen molar-refractivity contribution in [2.75, 3.05) is 79.0 Å². The molecule has 0 bridgehead atoms. The number of carboxylic acid groups (broad SMARTS) is 4. The minimum absolute atomic E-state index is 0. The predicted molar refractivity (Wildman–Crippen MR) is 94.0 cm³/mol. The SMILES string of the molecule is O=C([O-])C(C(=O)[O-])N1CCOCCOCCN(C(C(=O)[O-])C(=O)[O-])CCOCCOCC1.[Zn+2].[Zn+2]. The summed E-state index contributed by atoms with van der Waals surface area (Å²) >= 11 is 0. The van der Waals surface area contributed by atoms with Crippen molar-refractivity contribution in [2.45, 2.75) is 12.1 Å². The molecule has 1 aliphatic rings. The second-order valence-electron chi connectivity index (χ2n) is 6.60. The van der Waals surface area contributed by atoms with Gasteiger partial charge in [0, 0.05) is 26.2 Å². The van der Waals surface area contributed by atoms with Crippen LogP contribution in [0.5, 0.6) is 0 Å². The molecular weight excluding hydrogens is 567 g/mol. The van der Waals surface area contributed by atoms with Gasteiger partial charge in [0.25, 0.3) is 0 Å². The van der Waals surface area contributed by atoms with E-state index in [1.165, 1.54) is 0 Å². The van der Waals surface area contributed by atoms with Crippen LogP contribution in [0.2, 0.25) is 0 Å². The monoisotopic (exact) mass is 590 g/mol. The first-order valence-corrected chi connectivity index (χ1v) is 9.88. The third-order valence-electron chi connectivity index (χ3n) is 4.46. The van der Waals surface area contributed by atoms with Gasteiger partial charge in [0.1, 0.15) is 0 Å². The number of rotatable bonds is 6. The van der Waals surface area contributed by atoms with E-state index in [0.29, 0.717) is 0 Å². The molecule has 0 radical (unpaired) electrons. The Bertz CT molecular complexity index is 528. The molecule has 0 aromatic heterocycles. The van der Waals surface area contributed by atoms with Crippen molar-refractivity contribution in [3.8, 4) is 0 Å². The van der Waals surface area contributed by atoms with Gasteiger partial charge in [0.2, 0.25) is 0 Å². The fraction of sp³-hybridized carbons (Fsp3) is 0.778. The second-order valence-corrected chi connectivity index (χ2v) is 6.60. The predicted octanol–water partition coefficient (Wildman–Crippen LogP) is -7.60. The van der Waals surface area contributed by atoms with Crippen molar-refractivity contribution in [3.63, 3.8) is 0 Å². The summed E-state index contributed by atoms with van der Waals surface area (Å²) in [5.41, 5.74) is 0. The molecule has 184 valence electrons. The number of carboxylic acids is 4. The van der Waals surface area contributed by atoms with E-state index < -0.39 is 36.0 Å². The Morgan fingerprint density at radius 2 is 0.676 bits per heavy atom. The van der Waals surface area contributed by atoms with Crippen molar-refractivity contribution < 1.29 is 97.5 Å². The van der Waals surface area contributed by atoms with Gasteiger partial charge in [-0.25, -0.2) is 0 Å². The largest absolute Gasteiger partial charge is 2.00 e. The molecule has 14 nitrogen and oxygen atoms in total. The van der Waals surface area contributed by atoms with Crippen LogP contribution in [0.3, 0.4) is 0 Å². The molecular formula is C18H26N2O12Zn2. The van der Waals surface area contributed by atoms with Crippen molar-refractivity contribution >= 4 is 23.9 Å². The molecule has 0 amide bonds. The zero-order valence-corrected chi connectivity index (χ0v) is 24.8. The summed E-state index contributed by atoms with van der Waals surface area (Å²) in [6, 6.07) is -3.93. The van der Waals surface area contributed by atoms with Gasteiger partial charge in [-0.3, -0.25) is 9.80 Å². The zero-order valence-electron chi connectivity index (χ0n) is 18.8. The van der Waals surface area contributed by atoms with Gasteiger partial charge in [0.05, 0.1) is 88.8 Å². The van der Waals surface area contributed by atoms with Gasteiger partial charge in [-0.1, -0.05) is 0 Å². The first-order chi connectivity index (χ1) is 15.3. The van der Waals surface area contributed by atoms with Gasteiger partial charge in [0.15, 0.2) is 0 Å². The van der Waals surface area contributed by atoms with Crippen molar-refractivity contribution in [1.29, 1.82) is 0 Å². The molecule has 1 rings (SSSR count). The van der Waals surface area contributed by atoms with Crippen LogP contribution in [0.15, 0.2) is 0 Å². The van der Waals surface area contributed by atoms with E-state index >= 15 is 0 Å². The molecule has 0 aromatic carbocycles. The first kappa shape index (κ1) is 35.1. The third kappa shape index (κ3) is 13.7. The van der Waals surface area contributed by atoms with Gasteiger partial charge in [-0.15, -0.1) is 0 Å². The van der Waals surface area contributed by atoms with Gasteiger partial charge >= 0.3 is 39.0 Å². The van der Waals surface area contributed by atoms with Crippen LogP contribution in [-0.4, -0.2) is 125 Å². The van der Waals surface area contributed by atoms with E-state index in [9.17, 15) is 39.6 Å². The summed E-state index contributed by atoms with van der Waals surface area (Å²) in [6.45, 7) is -0.0340. The molecule has 16 heteroatoms. The Balaban J connectivity index is 0. The summed E-state index contributed by atoms with van der Waals surface area (Å²) in [5.74, 6) is -7.24. The molecule has 1 heterocycles. The molecule has 0 unspecified atom stereocenters. The molecule has 0 spiro atoms. The molecule has 0 aromatic rings. The van der Waals surface area contributed by atoms with E-state index in [2.05, 4.69) is 0 Å². The number of hydrogen-bond acceptors (Lipinski definition) is 14. The normalized spacial score (nSPS) is 18.6. The van der Waals surface area contributed by atoms with Crippen molar-refractivity contribution in [3.05, 3.63) is 0 Å². The van der Waals surface area contributed by atoms with Gasteiger partial charge < -0.3 is 58.6 Å². The molecule has 1 fully saturated rings. The maximum Gasteiger partial charge on any atom is 2.00 e. The maximum absolute atomic E-state index is 11.1. The average molecular weight is 593 g/mol. The van der Waals surface area contributed by atoms with E-state index in [0.717, 1.165) is 9.80 Å². The van der Waals surface area contributed by atoms with Crippen LogP contribution in [0, 0.1) is 0 Å². The van der Waals surface area contributed by atoms with Gasteiger partial charge in [-0.05, 0) is 0 Å². The Hall–Kier alpha value is -1.11. The molecule has 1 saturated heterocycles. The Morgan fingerprint density at radius 3 is 0.853 bits per heavy atom. The third-order valence-corrected chi connectivity index (χ3v) is 4.46. The number of carbonyl (C=O) groups is 4. The Labute approximate surface area is 222 Å². The van der Waals surface area contributed by atoms with Crippen molar-refractivity contribution in [1.82, 2.24) is 9.80 Å². The Kier molecular flexibility index (Phi) is 20.7. The molecule has 0 atom stereocenters. The van der Waals surface area contributed by atoms with Crippen LogP contribution in [0.4, 0.5) is 0 Å². The summed E-state index contributed by atoms with van der Waals surface area (Å²) in [5, 5.41) is 44.6. The smallest absolute Gasteiger partial charge is 0.548 e. The van der Waals surface area contributed by atoms with Gasteiger partial charge in [-0.2, -0.15) is 0 Å². The van der Waals surface area contributed by atoms with Crippen LogP contribution in [-0.2, 0) is 77.1 Å². The van der Waals surface area contributed by atoms with E-state index in [4.69, 9.17) is 18.9 Å². The number of hydrogen-bond donors (Lipinski definition) is 0. The molecule has 0 aliphatic carbocycles. The van der Waals surface area contributed by atoms with E-state index in [1.54, 1.807) is 0 Å². The number of aliphatic carboxylic acids is 4. The van der Waals surface area contributed by atoms with Crippen LogP contribution in [0.25, 0.3) is 0 Å². The minimum atomic E-state index is -1.97. The molecule has 1 aliphatic heterocycles. The maximum atomic E-state index is 11.1. The summed E-state index contributed by atoms with van der Waals surface area (Å²) in [6.07, 6.45) is 0. The topological polar surface area (TPSA) is 204 Å². The summed E-state index contributed by atoms with van der Waals surface area (Å²) in [4.78, 5) is 46.8. The second kappa shape index (κ2) is 20.1. The van der Waals surface area contributed by atoms with E-state index in [-0.39, 0.29) is 118 Å². The Morgan fingerprint density at radius 1 is 0.471 bits per heavy atom. The number of carbonyl (C=O) groups excluding carboxylic acids is 4. The fourth-order valence-electron chi connectivity index (χ4n) is 2.90. The quantitative estimate of drug-likeness (QED) is 0.207. The molecule has 34 heavy (non-hydrogen) atoms. The number of nitrogens with zero attached hydrogens (tertiary/aromatic N) is 2. The zero-order chi connectivity index (χ0) is 23.9. The van der Waals surface area contributed by atoms with Crippen LogP contribution in [0.1, 0.15) is 0 Å². The number of ether oxygens (including phenoxy) is 4. The average Bonchev–Trinajstić information content (AvgIpc) is 2.69. The van der Waals surface area contributed by atoms with Crippen LogP contribution >= 0.6 is 0 Å². The summed E-state index contributed by atoms with van der Waals surface area (Å²) in [7, 11) is 0. The molecule has 0 N–H and O–H groups in total. The van der Waals surface area contributed by atoms with Crippen LogP contribution < -0.4 is 20.4 Å². The standard InChI is InChI=1S/C18H30N2O12.2Zn/c21-15(22)13(16(23)24)19-1-5-29-9-10-31-7-3-20(14(17(25)26)18(27)28)4-8-32-12-11-30-6-2-19;;/h13-14H,1-12H2,(H,21,22)(H,23,24)(H,25,26)(H,27,28);;/q;2*+2/p-4. The minimum Gasteiger partial charge on any atom is -0.548 e. The van der Waals surface area contributed by atoms with E-state index in [1.807, 2.05) is 0 Å². The molecule has 0 saturated carbocycles. The van der Waals surface area contributed by atoms with Crippen molar-refractivity contribution in [2.24, 2.45) is 0 Å².